The van der Waals surface area contributed by atoms with Crippen LogP contribution in [0.5, 0.6) is 0 Å². The Morgan fingerprint density at radius 3 is 2.29 bits per heavy atom. The van der Waals surface area contributed by atoms with Gasteiger partial charge in [0.15, 0.2) is 16.9 Å². The number of nitrogens with zero attached hydrogens (tertiary/aromatic N) is 1. The highest BCUT2D eigenvalue weighted by Crippen LogP contribution is 2.22. The van der Waals surface area contributed by atoms with E-state index in [0.717, 1.165) is 0 Å². The lowest BCUT2D eigenvalue weighted by Crippen LogP contribution is -2.21. The van der Waals surface area contributed by atoms with Crippen LogP contribution in [0.3, 0.4) is 0 Å². The van der Waals surface area contributed by atoms with E-state index in [4.69, 9.17) is 9.92 Å². The summed E-state index contributed by atoms with van der Waals surface area (Å²) in [5, 5.41) is 0. The number of nitrogen functional groups attached to an aromatic ring is 1. The molecule has 21 heavy (non-hydrogen) atoms. The SMILES string of the molecule is C[S+](C)OC(=O)C(=Nc1ccccc1N)c1ccccc1. The molecule has 2 aromatic carbocycles. The molecule has 0 atom stereocenters. The molecule has 0 radical (unpaired) electrons. The third-order valence-corrected chi connectivity index (χ3v) is 3.14. The predicted octanol–water partition coefficient (Wildman–Crippen LogP) is 2.73. The number of para-hydroxylation sites is 2. The average Bonchev–Trinajstić information content (AvgIpc) is 2.46. The molecule has 0 heterocycles. The summed E-state index contributed by atoms with van der Waals surface area (Å²) >= 11 is -0.465. The summed E-state index contributed by atoms with van der Waals surface area (Å²) in [5.74, 6) is -0.446. The van der Waals surface area contributed by atoms with Crippen molar-refractivity contribution in [1.29, 1.82) is 0 Å². The number of benzene rings is 2. The minimum absolute atomic E-state index is 0.259. The lowest BCUT2D eigenvalue weighted by atomic mass is 10.1. The molecule has 0 unspecified atom stereocenters. The van der Waals surface area contributed by atoms with E-state index in [9.17, 15) is 4.79 Å². The number of carbonyl (C=O) groups is 1. The number of aliphatic imine (C=N–C) groups is 1. The molecule has 2 rings (SSSR count). The first-order chi connectivity index (χ1) is 10.1. The number of hydrogen-bond donors (Lipinski definition) is 1. The molecule has 5 heteroatoms. The van der Waals surface area contributed by atoms with Gasteiger partial charge in [0, 0.05) is 5.56 Å². The first kappa shape index (κ1) is 15.1. The summed E-state index contributed by atoms with van der Waals surface area (Å²) in [5.41, 5.74) is 7.93. The van der Waals surface area contributed by atoms with Crippen molar-refractivity contribution in [1.82, 2.24) is 0 Å². The smallest absolute Gasteiger partial charge is 0.397 e. The minimum Gasteiger partial charge on any atom is -0.397 e. The molecule has 0 bridgehead atoms. The molecule has 0 aliphatic rings. The van der Waals surface area contributed by atoms with Crippen molar-refractivity contribution >= 4 is 34.2 Å². The molecule has 0 aliphatic heterocycles. The van der Waals surface area contributed by atoms with Crippen molar-refractivity contribution in [2.45, 2.75) is 0 Å². The van der Waals surface area contributed by atoms with E-state index in [1.165, 1.54) is 0 Å². The maximum atomic E-state index is 12.3. The Morgan fingerprint density at radius 2 is 1.67 bits per heavy atom. The van der Waals surface area contributed by atoms with Crippen LogP contribution in [-0.4, -0.2) is 24.2 Å². The van der Waals surface area contributed by atoms with Crippen molar-refractivity contribution in [3.8, 4) is 0 Å². The van der Waals surface area contributed by atoms with E-state index in [-0.39, 0.29) is 5.71 Å². The van der Waals surface area contributed by atoms with Crippen molar-refractivity contribution in [2.75, 3.05) is 18.2 Å². The number of hydrogen-bond acceptors (Lipinski definition) is 4. The lowest BCUT2D eigenvalue weighted by Gasteiger charge is -2.06. The van der Waals surface area contributed by atoms with Gasteiger partial charge in [-0.25, -0.2) is 14.0 Å². The predicted molar refractivity (Wildman–Crippen MR) is 88.8 cm³/mol. The van der Waals surface area contributed by atoms with Gasteiger partial charge in [-0.1, -0.05) is 42.5 Å². The maximum absolute atomic E-state index is 12.3. The quantitative estimate of drug-likeness (QED) is 0.536. The number of anilines is 1. The fourth-order valence-corrected chi connectivity index (χ4v) is 2.11. The number of carbonyl (C=O) groups excluding carboxylic acids is 1. The second kappa shape index (κ2) is 6.95. The van der Waals surface area contributed by atoms with E-state index >= 15 is 0 Å². The first-order valence-electron chi connectivity index (χ1n) is 6.37. The van der Waals surface area contributed by atoms with Gasteiger partial charge in [-0.2, -0.15) is 0 Å². The monoisotopic (exact) mass is 301 g/mol. The van der Waals surface area contributed by atoms with Crippen LogP contribution in [0.15, 0.2) is 59.6 Å². The molecule has 0 saturated heterocycles. The van der Waals surface area contributed by atoms with Gasteiger partial charge in [-0.15, -0.1) is 0 Å². The van der Waals surface area contributed by atoms with Gasteiger partial charge >= 0.3 is 5.97 Å². The van der Waals surface area contributed by atoms with Crippen LogP contribution in [0.1, 0.15) is 5.56 Å². The zero-order valence-corrected chi connectivity index (χ0v) is 12.8. The molecule has 2 N–H and O–H groups in total. The average molecular weight is 301 g/mol. The Hall–Kier alpha value is -2.27. The van der Waals surface area contributed by atoms with Gasteiger partial charge in [-0.05, 0) is 12.1 Å². The van der Waals surface area contributed by atoms with E-state index in [0.29, 0.717) is 16.9 Å². The van der Waals surface area contributed by atoms with Crippen LogP contribution < -0.4 is 5.73 Å². The minimum atomic E-state index is -0.465. The Labute approximate surface area is 127 Å². The van der Waals surface area contributed by atoms with E-state index in [2.05, 4.69) is 4.99 Å². The Kier molecular flexibility index (Phi) is 5.00. The van der Waals surface area contributed by atoms with E-state index < -0.39 is 17.1 Å². The largest absolute Gasteiger partial charge is 0.413 e. The topological polar surface area (TPSA) is 64.7 Å². The third kappa shape index (κ3) is 4.10. The van der Waals surface area contributed by atoms with E-state index in [1.807, 2.05) is 55.0 Å². The summed E-state index contributed by atoms with van der Waals surface area (Å²) in [7, 11) is 0. The van der Waals surface area contributed by atoms with Crippen molar-refractivity contribution in [2.24, 2.45) is 4.99 Å². The highest BCUT2D eigenvalue weighted by Gasteiger charge is 2.22. The normalized spacial score (nSPS) is 11.5. The van der Waals surface area contributed by atoms with Crippen LogP contribution in [-0.2, 0) is 20.2 Å². The van der Waals surface area contributed by atoms with Gasteiger partial charge in [0.05, 0.1) is 11.4 Å². The zero-order valence-electron chi connectivity index (χ0n) is 11.9. The first-order valence-corrected chi connectivity index (χ1v) is 8.33. The van der Waals surface area contributed by atoms with Crippen LogP contribution in [0.25, 0.3) is 0 Å². The zero-order chi connectivity index (χ0) is 15.2. The van der Waals surface area contributed by atoms with Gasteiger partial charge < -0.3 is 5.73 Å². The standard InChI is InChI=1S/C16H16N2O2S/c1-21(2)20-16(19)15(12-8-4-3-5-9-12)18-14-11-7-6-10-13(14)17/h3-11H,1-2H3,(H-,17,19)/p+1. The maximum Gasteiger partial charge on any atom is 0.413 e. The van der Waals surface area contributed by atoms with Crippen LogP contribution >= 0.6 is 0 Å². The molecular weight excluding hydrogens is 284 g/mol. The molecule has 0 amide bonds. The molecule has 4 nitrogen and oxygen atoms in total. The van der Waals surface area contributed by atoms with Gasteiger partial charge in [-0.3, -0.25) is 0 Å². The Bertz CT molecular complexity index is 654. The molecule has 108 valence electrons. The summed E-state index contributed by atoms with van der Waals surface area (Å²) in [6.07, 6.45) is 3.66. The van der Waals surface area contributed by atoms with Crippen molar-refractivity contribution in [3.63, 3.8) is 0 Å². The lowest BCUT2D eigenvalue weighted by molar-refractivity contribution is -0.125. The highest BCUT2D eigenvalue weighted by atomic mass is 32.2. The van der Waals surface area contributed by atoms with Crippen LogP contribution in [0, 0.1) is 0 Å². The molecular formula is C16H17N2O2S+. The summed E-state index contributed by atoms with van der Waals surface area (Å²) < 4.78 is 5.30. The Morgan fingerprint density at radius 1 is 1.05 bits per heavy atom. The molecule has 2 aromatic rings. The second-order valence-corrected chi connectivity index (χ2v) is 6.15. The molecule has 0 saturated carbocycles. The van der Waals surface area contributed by atoms with E-state index in [1.54, 1.807) is 12.1 Å². The third-order valence-electron chi connectivity index (χ3n) is 2.65. The fraction of sp³-hybridized carbons (Fsp3) is 0.125. The number of rotatable bonds is 4. The van der Waals surface area contributed by atoms with Gasteiger partial charge in [0.25, 0.3) is 0 Å². The summed E-state index contributed by atoms with van der Waals surface area (Å²) in [4.78, 5) is 16.7. The van der Waals surface area contributed by atoms with Crippen LogP contribution in [0.4, 0.5) is 11.4 Å². The molecule has 0 spiro atoms. The fourth-order valence-electron chi connectivity index (χ4n) is 1.72. The van der Waals surface area contributed by atoms with Crippen molar-refractivity contribution in [3.05, 3.63) is 60.2 Å². The number of nitrogens with two attached hydrogens (primary N) is 1. The second-order valence-electron chi connectivity index (χ2n) is 4.50. The molecule has 0 aromatic heterocycles. The molecule has 0 fully saturated rings. The summed E-state index contributed by atoms with van der Waals surface area (Å²) in [6.45, 7) is 0. The molecule has 0 aliphatic carbocycles. The Balaban J connectivity index is 2.46. The summed E-state index contributed by atoms with van der Waals surface area (Å²) in [6, 6.07) is 16.4. The highest BCUT2D eigenvalue weighted by molar-refractivity contribution is 7.91. The van der Waals surface area contributed by atoms with Crippen LogP contribution in [0.2, 0.25) is 0 Å². The van der Waals surface area contributed by atoms with Gasteiger partial charge in [0.2, 0.25) is 0 Å². The van der Waals surface area contributed by atoms with Crippen molar-refractivity contribution < 1.29 is 8.98 Å². The van der Waals surface area contributed by atoms with Gasteiger partial charge in [0.1, 0.15) is 12.5 Å².